The van der Waals surface area contributed by atoms with E-state index in [9.17, 15) is 9.59 Å². The topological polar surface area (TPSA) is 76.4 Å². The van der Waals surface area contributed by atoms with Crippen molar-refractivity contribution >= 4 is 28.9 Å². The molecule has 2 aromatic carbocycles. The third kappa shape index (κ3) is 4.82. The summed E-state index contributed by atoms with van der Waals surface area (Å²) in [5.74, 6) is -0.580. The number of carbonyl (C=O) groups is 2. The smallest absolute Gasteiger partial charge is 0.244 e. The average Bonchev–Trinajstić information content (AvgIpc) is 2.60. The molecular weight excluding hydrogens is 316 g/mol. The van der Waals surface area contributed by atoms with Gasteiger partial charge in [0.1, 0.15) is 6.54 Å². The summed E-state index contributed by atoms with van der Waals surface area (Å²) in [7, 11) is 3.88. The lowest BCUT2D eigenvalue weighted by Crippen LogP contribution is -2.36. The van der Waals surface area contributed by atoms with Crippen molar-refractivity contribution in [3.8, 4) is 6.07 Å². The maximum atomic E-state index is 12.3. The molecule has 0 atom stereocenters. The SMILES string of the molecule is CC(=O)N(CC(=O)Nc1ccc(N(C)C)cc1)c1cccc(C#N)c1. The zero-order valence-electron chi connectivity index (χ0n) is 14.5. The van der Waals surface area contributed by atoms with Crippen LogP contribution in [0.15, 0.2) is 48.5 Å². The number of rotatable bonds is 5. The van der Waals surface area contributed by atoms with Crippen molar-refractivity contribution in [3.05, 3.63) is 54.1 Å². The molecular formula is C19H20N4O2. The highest BCUT2D eigenvalue weighted by Gasteiger charge is 2.16. The second kappa shape index (κ2) is 7.97. The molecule has 6 heteroatoms. The van der Waals surface area contributed by atoms with E-state index in [-0.39, 0.29) is 18.4 Å². The Morgan fingerprint density at radius 3 is 2.32 bits per heavy atom. The van der Waals surface area contributed by atoms with Crippen molar-refractivity contribution < 1.29 is 9.59 Å². The van der Waals surface area contributed by atoms with Crippen LogP contribution in [0.2, 0.25) is 0 Å². The lowest BCUT2D eigenvalue weighted by molar-refractivity contribution is -0.120. The molecule has 6 nitrogen and oxygen atoms in total. The molecule has 0 aliphatic rings. The molecule has 0 bridgehead atoms. The summed E-state index contributed by atoms with van der Waals surface area (Å²) in [6.45, 7) is 1.26. The molecule has 0 aliphatic heterocycles. The van der Waals surface area contributed by atoms with E-state index in [1.807, 2.05) is 49.3 Å². The lowest BCUT2D eigenvalue weighted by atomic mass is 10.2. The highest BCUT2D eigenvalue weighted by Crippen LogP contribution is 2.18. The number of amides is 2. The van der Waals surface area contributed by atoms with Gasteiger partial charge in [0.25, 0.3) is 0 Å². The Kier molecular flexibility index (Phi) is 5.75. The van der Waals surface area contributed by atoms with Gasteiger partial charge in [0.15, 0.2) is 0 Å². The number of carbonyl (C=O) groups excluding carboxylic acids is 2. The Hall–Kier alpha value is -3.33. The first-order valence-electron chi connectivity index (χ1n) is 7.76. The normalized spacial score (nSPS) is 9.84. The van der Waals surface area contributed by atoms with Gasteiger partial charge < -0.3 is 15.1 Å². The molecule has 2 aromatic rings. The lowest BCUT2D eigenvalue weighted by Gasteiger charge is -2.21. The molecule has 0 unspecified atom stereocenters. The van der Waals surface area contributed by atoms with Crippen LogP contribution in [-0.4, -0.2) is 32.5 Å². The van der Waals surface area contributed by atoms with Gasteiger partial charge in [-0.1, -0.05) is 6.07 Å². The summed E-state index contributed by atoms with van der Waals surface area (Å²) in [4.78, 5) is 27.5. The van der Waals surface area contributed by atoms with E-state index in [0.717, 1.165) is 5.69 Å². The van der Waals surface area contributed by atoms with Gasteiger partial charge in [-0.3, -0.25) is 9.59 Å². The van der Waals surface area contributed by atoms with Crippen LogP contribution in [0, 0.1) is 11.3 Å². The van der Waals surface area contributed by atoms with Crippen molar-refractivity contribution in [1.82, 2.24) is 0 Å². The second-order valence-electron chi connectivity index (χ2n) is 5.76. The highest BCUT2D eigenvalue weighted by molar-refractivity contribution is 6.01. The Morgan fingerprint density at radius 2 is 1.76 bits per heavy atom. The van der Waals surface area contributed by atoms with E-state index >= 15 is 0 Å². The summed E-state index contributed by atoms with van der Waals surface area (Å²) >= 11 is 0. The minimum atomic E-state index is -0.310. The maximum Gasteiger partial charge on any atom is 0.244 e. The molecule has 128 valence electrons. The number of nitrogens with one attached hydrogen (secondary N) is 1. The molecule has 25 heavy (non-hydrogen) atoms. The number of nitrogens with zero attached hydrogens (tertiary/aromatic N) is 3. The predicted octanol–water partition coefficient (Wildman–Crippen LogP) is 2.62. The number of benzene rings is 2. The monoisotopic (exact) mass is 336 g/mol. The van der Waals surface area contributed by atoms with E-state index in [4.69, 9.17) is 5.26 Å². The quantitative estimate of drug-likeness (QED) is 0.910. The van der Waals surface area contributed by atoms with Crippen molar-refractivity contribution in [2.24, 2.45) is 0 Å². The Bertz CT molecular complexity index is 807. The Labute approximate surface area is 147 Å². The van der Waals surface area contributed by atoms with Crippen LogP contribution < -0.4 is 15.1 Å². The summed E-state index contributed by atoms with van der Waals surface area (Å²) in [5, 5.41) is 11.8. The third-order valence-electron chi connectivity index (χ3n) is 3.64. The van der Waals surface area contributed by atoms with Crippen LogP contribution in [-0.2, 0) is 9.59 Å². The minimum absolute atomic E-state index is 0.125. The van der Waals surface area contributed by atoms with Crippen molar-refractivity contribution in [3.63, 3.8) is 0 Å². The van der Waals surface area contributed by atoms with Crippen LogP contribution >= 0.6 is 0 Å². The molecule has 2 amide bonds. The van der Waals surface area contributed by atoms with Gasteiger partial charge >= 0.3 is 0 Å². The molecule has 0 saturated carbocycles. The van der Waals surface area contributed by atoms with Crippen molar-refractivity contribution in [2.75, 3.05) is 35.8 Å². The zero-order valence-corrected chi connectivity index (χ0v) is 14.5. The first-order valence-corrected chi connectivity index (χ1v) is 7.76. The molecule has 2 rings (SSSR count). The van der Waals surface area contributed by atoms with Crippen LogP contribution in [0.1, 0.15) is 12.5 Å². The average molecular weight is 336 g/mol. The van der Waals surface area contributed by atoms with Crippen molar-refractivity contribution in [1.29, 1.82) is 5.26 Å². The van der Waals surface area contributed by atoms with Crippen LogP contribution in [0.25, 0.3) is 0 Å². The molecule has 0 heterocycles. The standard InChI is InChI=1S/C19H20N4O2/c1-14(24)23(18-6-4-5-15(11-18)12-20)13-19(25)21-16-7-9-17(10-8-16)22(2)3/h4-11H,13H2,1-3H3,(H,21,25). The van der Waals surface area contributed by atoms with Gasteiger partial charge in [0, 0.05) is 38.1 Å². The summed E-state index contributed by atoms with van der Waals surface area (Å²) < 4.78 is 0. The number of hydrogen-bond acceptors (Lipinski definition) is 4. The number of hydrogen-bond donors (Lipinski definition) is 1. The van der Waals surface area contributed by atoms with Crippen LogP contribution in [0.4, 0.5) is 17.1 Å². The van der Waals surface area contributed by atoms with Gasteiger partial charge in [-0.2, -0.15) is 5.26 Å². The molecule has 0 radical (unpaired) electrons. The van der Waals surface area contributed by atoms with Crippen LogP contribution in [0.5, 0.6) is 0 Å². The van der Waals surface area contributed by atoms with E-state index in [2.05, 4.69) is 5.32 Å². The first kappa shape index (κ1) is 18.0. The molecule has 1 N–H and O–H groups in total. The Balaban J connectivity index is 2.10. The van der Waals surface area contributed by atoms with Gasteiger partial charge in [-0.25, -0.2) is 0 Å². The van der Waals surface area contributed by atoms with Gasteiger partial charge in [0.2, 0.25) is 11.8 Å². The van der Waals surface area contributed by atoms with Gasteiger partial charge in [-0.05, 0) is 42.5 Å². The van der Waals surface area contributed by atoms with E-state index in [1.165, 1.54) is 11.8 Å². The number of nitriles is 1. The zero-order chi connectivity index (χ0) is 18.4. The fourth-order valence-electron chi connectivity index (χ4n) is 2.31. The molecule has 0 fully saturated rings. The van der Waals surface area contributed by atoms with E-state index in [1.54, 1.807) is 24.3 Å². The molecule has 0 aromatic heterocycles. The minimum Gasteiger partial charge on any atom is -0.378 e. The van der Waals surface area contributed by atoms with Gasteiger partial charge in [-0.15, -0.1) is 0 Å². The molecule has 0 aliphatic carbocycles. The second-order valence-corrected chi connectivity index (χ2v) is 5.76. The summed E-state index contributed by atoms with van der Waals surface area (Å²) in [5.41, 5.74) is 2.63. The van der Waals surface area contributed by atoms with Crippen molar-refractivity contribution in [2.45, 2.75) is 6.92 Å². The van der Waals surface area contributed by atoms with Gasteiger partial charge in [0.05, 0.1) is 11.6 Å². The van der Waals surface area contributed by atoms with E-state index < -0.39 is 0 Å². The molecule has 0 saturated heterocycles. The first-order chi connectivity index (χ1) is 11.9. The Morgan fingerprint density at radius 1 is 1.08 bits per heavy atom. The number of anilines is 3. The molecule has 0 spiro atoms. The van der Waals surface area contributed by atoms with E-state index in [0.29, 0.717) is 16.9 Å². The largest absolute Gasteiger partial charge is 0.378 e. The maximum absolute atomic E-state index is 12.3. The fourth-order valence-corrected chi connectivity index (χ4v) is 2.31. The summed E-state index contributed by atoms with van der Waals surface area (Å²) in [6, 6.07) is 16.0. The fraction of sp³-hybridized carbons (Fsp3) is 0.211. The van der Waals surface area contributed by atoms with Crippen LogP contribution in [0.3, 0.4) is 0 Å². The third-order valence-corrected chi connectivity index (χ3v) is 3.64. The summed E-state index contributed by atoms with van der Waals surface area (Å²) in [6.07, 6.45) is 0. The predicted molar refractivity (Wildman–Crippen MR) is 98.6 cm³/mol. The highest BCUT2D eigenvalue weighted by atomic mass is 16.2.